The first-order chi connectivity index (χ1) is 9.02. The predicted octanol–water partition coefficient (Wildman–Crippen LogP) is 4.80. The Morgan fingerprint density at radius 2 is 2.00 bits per heavy atom. The summed E-state index contributed by atoms with van der Waals surface area (Å²) in [4.78, 5) is 4.46. The van der Waals surface area contributed by atoms with Crippen molar-refractivity contribution in [2.45, 2.75) is 6.92 Å². The van der Waals surface area contributed by atoms with Crippen LogP contribution in [0.3, 0.4) is 0 Å². The van der Waals surface area contributed by atoms with Gasteiger partial charge in [0.2, 0.25) is 5.89 Å². The van der Waals surface area contributed by atoms with Crippen LogP contribution in [0.4, 0.5) is 5.69 Å². The highest BCUT2D eigenvalue weighted by Gasteiger charge is 2.12. The zero-order chi connectivity index (χ0) is 13.6. The lowest BCUT2D eigenvalue weighted by atomic mass is 10.2. The van der Waals surface area contributed by atoms with Crippen molar-refractivity contribution < 1.29 is 4.42 Å². The Kier molecular flexibility index (Phi) is 2.99. The van der Waals surface area contributed by atoms with E-state index in [2.05, 4.69) is 20.9 Å². The average molecular weight is 338 g/mol. The molecule has 0 aliphatic carbocycles. The van der Waals surface area contributed by atoms with Gasteiger partial charge < -0.3 is 10.2 Å². The second kappa shape index (κ2) is 4.54. The molecule has 3 nitrogen and oxygen atoms in total. The molecule has 5 heteroatoms. The molecule has 0 radical (unpaired) electrons. The molecular weight excluding hydrogens is 328 g/mol. The van der Waals surface area contributed by atoms with Crippen LogP contribution in [0, 0.1) is 6.92 Å². The molecule has 0 fully saturated rings. The number of hydrogen-bond donors (Lipinski definition) is 1. The number of anilines is 1. The molecule has 0 bridgehead atoms. The number of nitrogens with two attached hydrogens (primary N) is 1. The molecule has 3 rings (SSSR count). The number of benzene rings is 2. The normalized spacial score (nSPS) is 11.1. The van der Waals surface area contributed by atoms with Crippen molar-refractivity contribution in [3.05, 3.63) is 45.4 Å². The summed E-state index contributed by atoms with van der Waals surface area (Å²) in [6.07, 6.45) is 0. The standard InChI is InChI=1S/C14H10BrClN2O/c1-7-2-10(16)6-12-13(7)19-14(18-12)8-3-9(15)5-11(17)4-8/h2-6H,17H2,1H3. The third-order valence-electron chi connectivity index (χ3n) is 2.81. The maximum absolute atomic E-state index is 6.02. The zero-order valence-corrected chi connectivity index (χ0v) is 12.4. The van der Waals surface area contributed by atoms with E-state index in [1.54, 1.807) is 6.07 Å². The molecule has 0 amide bonds. The van der Waals surface area contributed by atoms with Crippen LogP contribution in [0.5, 0.6) is 0 Å². The van der Waals surface area contributed by atoms with Gasteiger partial charge in [-0.3, -0.25) is 0 Å². The topological polar surface area (TPSA) is 52.0 Å². The Hall–Kier alpha value is -1.52. The molecule has 96 valence electrons. The maximum atomic E-state index is 6.02. The fourth-order valence-corrected chi connectivity index (χ4v) is 2.79. The first-order valence-electron chi connectivity index (χ1n) is 5.66. The van der Waals surface area contributed by atoms with E-state index >= 15 is 0 Å². The van der Waals surface area contributed by atoms with E-state index in [0.29, 0.717) is 16.6 Å². The van der Waals surface area contributed by atoms with Gasteiger partial charge in [0.1, 0.15) is 5.52 Å². The fraction of sp³-hybridized carbons (Fsp3) is 0.0714. The second-order valence-corrected chi connectivity index (χ2v) is 5.72. The van der Waals surface area contributed by atoms with Crippen LogP contribution < -0.4 is 5.73 Å². The van der Waals surface area contributed by atoms with Gasteiger partial charge >= 0.3 is 0 Å². The van der Waals surface area contributed by atoms with E-state index in [9.17, 15) is 0 Å². The molecule has 2 N–H and O–H groups in total. The summed E-state index contributed by atoms with van der Waals surface area (Å²) in [6.45, 7) is 1.94. The predicted molar refractivity (Wildman–Crippen MR) is 81.3 cm³/mol. The molecule has 2 aromatic carbocycles. The molecule has 0 unspecified atom stereocenters. The van der Waals surface area contributed by atoms with Gasteiger partial charge in [0.25, 0.3) is 0 Å². The van der Waals surface area contributed by atoms with Crippen LogP contribution in [-0.4, -0.2) is 4.98 Å². The summed E-state index contributed by atoms with van der Waals surface area (Å²) in [5, 5.41) is 0.651. The van der Waals surface area contributed by atoms with Crippen molar-refractivity contribution in [1.29, 1.82) is 0 Å². The van der Waals surface area contributed by atoms with Crippen molar-refractivity contribution >= 4 is 44.3 Å². The van der Waals surface area contributed by atoms with Crippen molar-refractivity contribution in [3.8, 4) is 11.5 Å². The van der Waals surface area contributed by atoms with Gasteiger partial charge in [0, 0.05) is 20.7 Å². The highest BCUT2D eigenvalue weighted by Crippen LogP contribution is 2.31. The Bertz CT molecular complexity index is 762. The Balaban J connectivity index is 2.23. The maximum Gasteiger partial charge on any atom is 0.227 e. The number of aromatic nitrogens is 1. The van der Waals surface area contributed by atoms with E-state index in [0.717, 1.165) is 26.7 Å². The van der Waals surface area contributed by atoms with Gasteiger partial charge in [-0.2, -0.15) is 0 Å². The smallest absolute Gasteiger partial charge is 0.227 e. The van der Waals surface area contributed by atoms with E-state index in [4.69, 9.17) is 21.8 Å². The van der Waals surface area contributed by atoms with Crippen molar-refractivity contribution in [3.63, 3.8) is 0 Å². The highest BCUT2D eigenvalue weighted by atomic mass is 79.9. The molecule has 0 aliphatic rings. The molecule has 19 heavy (non-hydrogen) atoms. The fourth-order valence-electron chi connectivity index (χ4n) is 2.02. The van der Waals surface area contributed by atoms with Gasteiger partial charge in [-0.25, -0.2) is 4.98 Å². The van der Waals surface area contributed by atoms with Gasteiger partial charge in [0.15, 0.2) is 5.58 Å². The number of aryl methyl sites for hydroxylation is 1. The largest absolute Gasteiger partial charge is 0.436 e. The van der Waals surface area contributed by atoms with Crippen molar-refractivity contribution in [1.82, 2.24) is 4.98 Å². The SMILES string of the molecule is Cc1cc(Cl)cc2nc(-c3cc(N)cc(Br)c3)oc12. The van der Waals surface area contributed by atoms with Crippen LogP contribution in [0.25, 0.3) is 22.6 Å². The number of fused-ring (bicyclic) bond motifs is 1. The number of nitrogens with zero attached hydrogens (tertiary/aromatic N) is 1. The molecule has 1 aromatic heterocycles. The second-order valence-electron chi connectivity index (χ2n) is 4.36. The number of halogens is 2. The zero-order valence-electron chi connectivity index (χ0n) is 10.1. The van der Waals surface area contributed by atoms with Crippen molar-refractivity contribution in [2.75, 3.05) is 5.73 Å². The van der Waals surface area contributed by atoms with Crippen molar-refractivity contribution in [2.24, 2.45) is 0 Å². The van der Waals surface area contributed by atoms with Crippen LogP contribution in [0.1, 0.15) is 5.56 Å². The summed E-state index contributed by atoms with van der Waals surface area (Å²) < 4.78 is 6.69. The Labute approximate surface area is 123 Å². The van der Waals surface area contributed by atoms with Crippen LogP contribution in [0.2, 0.25) is 5.02 Å². The van der Waals surface area contributed by atoms with Gasteiger partial charge in [0.05, 0.1) is 0 Å². The highest BCUT2D eigenvalue weighted by molar-refractivity contribution is 9.10. The minimum atomic E-state index is 0.536. The Morgan fingerprint density at radius 3 is 2.74 bits per heavy atom. The summed E-state index contributed by atoms with van der Waals surface area (Å²) in [5.41, 5.74) is 9.77. The van der Waals surface area contributed by atoms with Gasteiger partial charge in [-0.15, -0.1) is 0 Å². The van der Waals surface area contributed by atoms with Crippen LogP contribution in [-0.2, 0) is 0 Å². The van der Waals surface area contributed by atoms with Gasteiger partial charge in [-0.1, -0.05) is 27.5 Å². The lowest BCUT2D eigenvalue weighted by Gasteiger charge is -1.99. The summed E-state index contributed by atoms with van der Waals surface area (Å²) in [6, 6.07) is 9.21. The summed E-state index contributed by atoms with van der Waals surface area (Å²) >= 11 is 9.43. The van der Waals surface area contributed by atoms with E-state index < -0.39 is 0 Å². The molecule has 0 spiro atoms. The molecule has 1 heterocycles. The quantitative estimate of drug-likeness (QED) is 0.649. The van der Waals surface area contributed by atoms with E-state index in [-0.39, 0.29) is 0 Å². The third-order valence-corrected chi connectivity index (χ3v) is 3.48. The molecule has 0 atom stereocenters. The molecule has 0 saturated carbocycles. The summed E-state index contributed by atoms with van der Waals surface area (Å²) in [5.74, 6) is 0.536. The van der Waals surface area contributed by atoms with E-state index in [1.165, 1.54) is 0 Å². The Morgan fingerprint density at radius 1 is 1.21 bits per heavy atom. The number of nitrogen functional groups attached to an aromatic ring is 1. The monoisotopic (exact) mass is 336 g/mol. The van der Waals surface area contributed by atoms with Gasteiger partial charge in [-0.05, 0) is 42.8 Å². The average Bonchev–Trinajstić information content (AvgIpc) is 2.71. The molecule has 0 aliphatic heterocycles. The number of oxazole rings is 1. The lowest BCUT2D eigenvalue weighted by molar-refractivity contribution is 0.617. The summed E-state index contributed by atoms with van der Waals surface area (Å²) in [7, 11) is 0. The molecular formula is C14H10BrClN2O. The van der Waals surface area contributed by atoms with Crippen LogP contribution >= 0.6 is 27.5 Å². The molecule has 3 aromatic rings. The van der Waals surface area contributed by atoms with Crippen LogP contribution in [0.15, 0.2) is 39.2 Å². The van der Waals surface area contributed by atoms with E-state index in [1.807, 2.05) is 31.2 Å². The first-order valence-corrected chi connectivity index (χ1v) is 6.83. The number of rotatable bonds is 1. The molecule has 0 saturated heterocycles. The minimum Gasteiger partial charge on any atom is -0.436 e. The lowest BCUT2D eigenvalue weighted by Crippen LogP contribution is -1.86. The number of hydrogen-bond acceptors (Lipinski definition) is 3. The first kappa shape index (κ1) is 12.5. The minimum absolute atomic E-state index is 0.536. The third kappa shape index (κ3) is 2.33.